The lowest BCUT2D eigenvalue weighted by Crippen LogP contribution is -2.51. The van der Waals surface area contributed by atoms with E-state index in [9.17, 15) is 14.4 Å². The maximum absolute atomic E-state index is 12.4. The fraction of sp³-hybridized carbons (Fsp3) is 0.450. The van der Waals surface area contributed by atoms with E-state index in [1.807, 2.05) is 13.0 Å². The Kier molecular flexibility index (Phi) is 7.86. The molecular weight excluding hydrogens is 364 g/mol. The second-order valence-electron chi connectivity index (χ2n) is 6.11. The van der Waals surface area contributed by atoms with E-state index in [2.05, 4.69) is 10.6 Å². The van der Waals surface area contributed by atoms with Crippen molar-refractivity contribution in [2.45, 2.75) is 45.8 Å². The highest BCUT2D eigenvalue weighted by Crippen LogP contribution is 2.18. The average molecular weight is 390 g/mol. The Labute approximate surface area is 164 Å². The van der Waals surface area contributed by atoms with Gasteiger partial charge in [0.1, 0.15) is 12.4 Å². The number of benzene rings is 1. The molecule has 152 valence electrons. The number of hydrogen-bond acceptors (Lipinski definition) is 6. The Morgan fingerprint density at radius 3 is 2.43 bits per heavy atom. The normalized spacial score (nSPS) is 17.2. The summed E-state index contributed by atoms with van der Waals surface area (Å²) < 4.78 is 16.1. The molecule has 0 aliphatic carbocycles. The third kappa shape index (κ3) is 5.48. The first-order valence-corrected chi connectivity index (χ1v) is 9.36. The van der Waals surface area contributed by atoms with Crippen LogP contribution in [-0.4, -0.2) is 43.3 Å². The zero-order valence-electron chi connectivity index (χ0n) is 16.3. The van der Waals surface area contributed by atoms with Gasteiger partial charge in [-0.25, -0.2) is 14.4 Å². The van der Waals surface area contributed by atoms with Gasteiger partial charge in [-0.05, 0) is 31.9 Å². The molecule has 0 unspecified atom stereocenters. The van der Waals surface area contributed by atoms with Crippen LogP contribution >= 0.6 is 0 Å². The van der Waals surface area contributed by atoms with Gasteiger partial charge in [-0.3, -0.25) is 0 Å². The highest BCUT2D eigenvalue weighted by atomic mass is 16.6. The second kappa shape index (κ2) is 10.3. The number of urea groups is 1. The monoisotopic (exact) mass is 390 g/mol. The minimum atomic E-state index is -0.798. The van der Waals surface area contributed by atoms with Gasteiger partial charge in [0.05, 0.1) is 23.9 Å². The van der Waals surface area contributed by atoms with E-state index < -0.39 is 30.1 Å². The van der Waals surface area contributed by atoms with Crippen LogP contribution in [0, 0.1) is 0 Å². The molecule has 28 heavy (non-hydrogen) atoms. The summed E-state index contributed by atoms with van der Waals surface area (Å²) in [6.45, 7) is 5.27. The van der Waals surface area contributed by atoms with E-state index >= 15 is 0 Å². The van der Waals surface area contributed by atoms with Crippen LogP contribution in [0.3, 0.4) is 0 Å². The van der Waals surface area contributed by atoms with Crippen molar-refractivity contribution in [1.29, 1.82) is 0 Å². The summed E-state index contributed by atoms with van der Waals surface area (Å²) in [6, 6.07) is 7.98. The van der Waals surface area contributed by atoms with Crippen molar-refractivity contribution < 1.29 is 28.6 Å². The Hall–Kier alpha value is -3.03. The first-order chi connectivity index (χ1) is 13.5. The van der Waals surface area contributed by atoms with Gasteiger partial charge in [-0.2, -0.15) is 0 Å². The molecule has 2 amide bonds. The first kappa shape index (κ1) is 21.3. The smallest absolute Gasteiger partial charge is 0.347 e. The topological polar surface area (TPSA) is 103 Å². The van der Waals surface area contributed by atoms with E-state index in [0.717, 1.165) is 0 Å². The number of para-hydroxylation sites is 1. The van der Waals surface area contributed by atoms with Gasteiger partial charge in [0.2, 0.25) is 0 Å². The molecule has 8 nitrogen and oxygen atoms in total. The SMILES string of the molecule is CCOC(=O)C1=C(COC(=O)[C@@H](CC)Oc2ccccc2)NC(=O)N[C@@H]1CC. The number of rotatable bonds is 9. The molecule has 0 fully saturated rings. The molecule has 0 radical (unpaired) electrons. The Bertz CT molecular complexity index is 731. The predicted molar refractivity (Wildman–Crippen MR) is 102 cm³/mol. The van der Waals surface area contributed by atoms with Crippen LogP contribution in [0.15, 0.2) is 41.6 Å². The molecule has 1 aromatic rings. The van der Waals surface area contributed by atoms with Crippen molar-refractivity contribution in [3.63, 3.8) is 0 Å². The number of amides is 2. The number of carbonyl (C=O) groups is 3. The highest BCUT2D eigenvalue weighted by Gasteiger charge is 2.32. The third-order valence-electron chi connectivity index (χ3n) is 4.16. The van der Waals surface area contributed by atoms with Crippen molar-refractivity contribution in [3.8, 4) is 5.75 Å². The molecule has 1 aliphatic heterocycles. The number of carbonyl (C=O) groups excluding carboxylic acids is 3. The molecule has 0 saturated carbocycles. The second-order valence-corrected chi connectivity index (χ2v) is 6.11. The minimum Gasteiger partial charge on any atom is -0.479 e. The molecular formula is C20H26N2O6. The Morgan fingerprint density at radius 1 is 1.11 bits per heavy atom. The molecule has 1 heterocycles. The lowest BCUT2D eigenvalue weighted by Gasteiger charge is -2.28. The van der Waals surface area contributed by atoms with Crippen LogP contribution in [0.5, 0.6) is 5.75 Å². The van der Waals surface area contributed by atoms with Gasteiger partial charge in [0.15, 0.2) is 6.10 Å². The first-order valence-electron chi connectivity index (χ1n) is 9.36. The minimum absolute atomic E-state index is 0.197. The van der Waals surface area contributed by atoms with E-state index in [1.165, 1.54) is 0 Å². The van der Waals surface area contributed by atoms with Gasteiger partial charge in [-0.15, -0.1) is 0 Å². The van der Waals surface area contributed by atoms with E-state index in [4.69, 9.17) is 14.2 Å². The van der Waals surface area contributed by atoms with Crippen molar-refractivity contribution in [2.75, 3.05) is 13.2 Å². The Balaban J connectivity index is 2.12. The van der Waals surface area contributed by atoms with Crippen molar-refractivity contribution in [3.05, 3.63) is 41.6 Å². The van der Waals surface area contributed by atoms with Crippen LogP contribution in [-0.2, 0) is 19.1 Å². The van der Waals surface area contributed by atoms with Crippen molar-refractivity contribution in [2.24, 2.45) is 0 Å². The molecule has 0 saturated heterocycles. The van der Waals surface area contributed by atoms with E-state index in [0.29, 0.717) is 18.6 Å². The molecule has 1 aliphatic rings. The molecule has 2 atom stereocenters. The van der Waals surface area contributed by atoms with Crippen LogP contribution in [0.1, 0.15) is 33.6 Å². The van der Waals surface area contributed by atoms with Gasteiger partial charge < -0.3 is 24.8 Å². The maximum Gasteiger partial charge on any atom is 0.347 e. The van der Waals surface area contributed by atoms with Crippen LogP contribution in [0.25, 0.3) is 0 Å². The van der Waals surface area contributed by atoms with Gasteiger partial charge in [-0.1, -0.05) is 32.0 Å². The summed E-state index contributed by atoms with van der Waals surface area (Å²) in [4.78, 5) is 36.6. The summed E-state index contributed by atoms with van der Waals surface area (Å²) in [7, 11) is 0. The number of esters is 2. The molecule has 1 aromatic carbocycles. The predicted octanol–water partition coefficient (Wildman–Crippen LogP) is 2.30. The molecule has 0 aromatic heterocycles. The summed E-state index contributed by atoms with van der Waals surface area (Å²) in [5, 5.41) is 5.21. The van der Waals surface area contributed by atoms with Crippen LogP contribution in [0.2, 0.25) is 0 Å². The van der Waals surface area contributed by atoms with Crippen LogP contribution in [0.4, 0.5) is 4.79 Å². The lowest BCUT2D eigenvalue weighted by molar-refractivity contribution is -0.151. The zero-order chi connectivity index (χ0) is 20.5. The summed E-state index contributed by atoms with van der Waals surface area (Å²) in [5.41, 5.74) is 0.478. The van der Waals surface area contributed by atoms with E-state index in [-0.39, 0.29) is 24.5 Å². The maximum atomic E-state index is 12.4. The van der Waals surface area contributed by atoms with E-state index in [1.54, 1.807) is 38.1 Å². The largest absolute Gasteiger partial charge is 0.479 e. The van der Waals surface area contributed by atoms with Crippen molar-refractivity contribution in [1.82, 2.24) is 10.6 Å². The fourth-order valence-electron chi connectivity index (χ4n) is 2.77. The summed E-state index contributed by atoms with van der Waals surface area (Å²) in [5.74, 6) is -0.581. The van der Waals surface area contributed by atoms with Crippen LogP contribution < -0.4 is 15.4 Å². The molecule has 2 rings (SSSR count). The summed E-state index contributed by atoms with van der Waals surface area (Å²) >= 11 is 0. The van der Waals surface area contributed by atoms with Crippen molar-refractivity contribution >= 4 is 18.0 Å². The lowest BCUT2D eigenvalue weighted by atomic mass is 10.0. The molecule has 0 spiro atoms. The molecule has 0 bridgehead atoms. The standard InChI is InChI=1S/C20H26N2O6/c1-4-14-17(19(24)26-6-3)15(22-20(25)21-14)12-27-18(23)16(5-2)28-13-10-8-7-9-11-13/h7-11,14,16H,4-6,12H2,1-3H3,(H2,21,22,25)/t14-,16-/m1/s1. The van der Waals surface area contributed by atoms with Gasteiger partial charge in [0.25, 0.3) is 0 Å². The zero-order valence-corrected chi connectivity index (χ0v) is 16.3. The number of ether oxygens (including phenoxy) is 3. The summed E-state index contributed by atoms with van der Waals surface area (Å²) in [6.07, 6.45) is 0.102. The number of hydrogen-bond donors (Lipinski definition) is 2. The third-order valence-corrected chi connectivity index (χ3v) is 4.16. The van der Waals surface area contributed by atoms with Gasteiger partial charge >= 0.3 is 18.0 Å². The Morgan fingerprint density at radius 2 is 1.82 bits per heavy atom. The van der Waals surface area contributed by atoms with Gasteiger partial charge in [0, 0.05) is 0 Å². The molecule has 8 heteroatoms. The molecule has 2 N–H and O–H groups in total. The fourth-order valence-corrected chi connectivity index (χ4v) is 2.77. The highest BCUT2D eigenvalue weighted by molar-refractivity contribution is 5.95. The average Bonchev–Trinajstić information content (AvgIpc) is 2.70. The number of nitrogens with one attached hydrogen (secondary N) is 2. The quantitative estimate of drug-likeness (QED) is 0.627.